The van der Waals surface area contributed by atoms with Gasteiger partial charge in [0.25, 0.3) is 11.5 Å². The number of methoxy groups -OCH3 is 2. The fourth-order valence-electron chi connectivity index (χ4n) is 11.3. The van der Waals surface area contributed by atoms with Gasteiger partial charge in [0.1, 0.15) is 54.0 Å². The van der Waals surface area contributed by atoms with Gasteiger partial charge < -0.3 is 56.8 Å². The van der Waals surface area contributed by atoms with Crippen LogP contribution in [0.1, 0.15) is 104 Å². The fraction of sp³-hybridized carbons (Fsp3) is 0.485. The normalized spacial score (nSPS) is 20.4. The molecule has 2 fully saturated rings. The smallest absolute Gasteiger partial charge is 0.409 e. The number of nitrogens with zero attached hydrogens (tertiary/aromatic N) is 4. The van der Waals surface area contributed by atoms with Gasteiger partial charge in [0.2, 0.25) is 5.95 Å². The van der Waals surface area contributed by atoms with E-state index in [0.29, 0.717) is 28.4 Å². The number of nitrogens with one attached hydrogen (secondary N) is 2. The summed E-state index contributed by atoms with van der Waals surface area (Å²) in [7, 11) is -1.28. The van der Waals surface area contributed by atoms with Crippen molar-refractivity contribution in [2.24, 2.45) is 0 Å². The Morgan fingerprint density at radius 1 is 0.713 bits per heavy atom. The van der Waals surface area contributed by atoms with Crippen LogP contribution in [0, 0.1) is 0 Å². The SMILES string of the molecule is CCCc1ccc(OCC(=O)Nc2nc3c(ncn3[C@H]3C[C@H](OP(=O)(OCCOCCO[C@@H]4O[C@H](COC(C)=O)[C@@H](OC(C)=O)[C@H](OC(C)=O)[C@H]4OC(C)=O)N(C(C)C)C(C)C)[C@@H](COC(c4ccccc4)(c4ccc(OC)cc4)c4ccc(OC)cc4)O3)c(=O)[nH]2)cc1. The number of anilines is 1. The predicted octanol–water partition coefficient (Wildman–Crippen LogP) is 8.15. The summed E-state index contributed by atoms with van der Waals surface area (Å²) in [4.78, 5) is 87.7. The molecule has 1 unspecified atom stereocenters. The van der Waals surface area contributed by atoms with E-state index < -0.39 is 117 Å². The van der Waals surface area contributed by atoms with Crippen molar-refractivity contribution >= 4 is 54.6 Å². The molecule has 2 N–H and O–H groups in total. The van der Waals surface area contributed by atoms with Crippen molar-refractivity contribution in [2.75, 3.05) is 65.8 Å². The molecule has 2 saturated heterocycles. The summed E-state index contributed by atoms with van der Waals surface area (Å²) in [6, 6.07) is 31.2. The maximum atomic E-state index is 16.0. The lowest BCUT2D eigenvalue weighted by atomic mass is 9.80. The van der Waals surface area contributed by atoms with E-state index in [2.05, 4.69) is 27.2 Å². The number of aromatic amines is 1. The van der Waals surface area contributed by atoms with Gasteiger partial charge in [-0.25, -0.2) is 14.2 Å². The molecule has 2 aromatic heterocycles. The quantitative estimate of drug-likeness (QED) is 0.0129. The van der Waals surface area contributed by atoms with Crippen LogP contribution in [-0.2, 0) is 92.2 Å². The first-order valence-electron chi connectivity index (χ1n) is 30.9. The number of hydrogen-bond acceptors (Lipinski definition) is 23. The Bertz CT molecular complexity index is 3530. The molecule has 0 aliphatic carbocycles. The van der Waals surface area contributed by atoms with Crippen LogP contribution < -0.4 is 25.1 Å². The van der Waals surface area contributed by atoms with Crippen LogP contribution in [0.4, 0.5) is 5.95 Å². The minimum atomic E-state index is -4.44. The van der Waals surface area contributed by atoms with Gasteiger partial charge in [-0.3, -0.25) is 52.7 Å². The van der Waals surface area contributed by atoms with Gasteiger partial charge in [0.05, 0.1) is 53.6 Å². The summed E-state index contributed by atoms with van der Waals surface area (Å²) in [5, 5.41) is 2.63. The number of carbonyl (C=O) groups is 5. The van der Waals surface area contributed by atoms with Crippen molar-refractivity contribution in [2.45, 2.75) is 148 Å². The Kier molecular flexibility index (Phi) is 25.4. The first kappa shape index (κ1) is 71.7. The van der Waals surface area contributed by atoms with Crippen LogP contribution in [0.3, 0.4) is 0 Å². The zero-order valence-electron chi connectivity index (χ0n) is 54.5. The second-order valence-corrected chi connectivity index (χ2v) is 24.6. The number of benzene rings is 4. The Morgan fingerprint density at radius 3 is 1.88 bits per heavy atom. The molecular weight excluding hydrogens is 1240 g/mol. The number of aryl methyl sites for hydroxylation is 1. The van der Waals surface area contributed by atoms with E-state index in [1.165, 1.54) is 10.9 Å². The molecule has 94 heavy (non-hydrogen) atoms. The minimum Gasteiger partial charge on any atom is -0.497 e. The Morgan fingerprint density at radius 2 is 1.30 bits per heavy atom. The van der Waals surface area contributed by atoms with E-state index in [0.717, 1.165) is 51.7 Å². The van der Waals surface area contributed by atoms with Crippen molar-refractivity contribution < 1.29 is 94.4 Å². The molecule has 8 rings (SSSR count). The van der Waals surface area contributed by atoms with Gasteiger partial charge in [0.15, 0.2) is 42.4 Å². The number of esters is 4. The molecule has 9 atom stereocenters. The number of hydrogen-bond donors (Lipinski definition) is 2. The molecule has 0 spiro atoms. The number of H-pyrrole nitrogens is 1. The van der Waals surface area contributed by atoms with Crippen molar-refractivity contribution in [1.82, 2.24) is 24.2 Å². The standard InChI is InChI=1S/C66H83N6O21P/c1-12-16-46-19-25-52(26-20-46)85-38-56(77)68-65-69-62-58(63(78)70-65)67-39-71(62)57-35-53(54(91-57)37-86-66(47-17-14-13-15-18-47,48-21-27-50(80-10)28-22-48)49-23-29-51(81-11)30-24-49)93-94(79,72(40(2)3)41(4)5)87-34-32-82-31-33-83-64-61(90-45(9)76)60(89-44(8)75)59(88-43(7)74)55(92-64)36-84-42(6)73/h13-15,17-30,39-41,53-55,57,59-61,64H,12,16,31-38H2,1-11H3,(H2,68,69,70,77,78)/t53-,54+,55+,57+,59+,60-,61+,64+,94?/m0/s1. The van der Waals surface area contributed by atoms with Gasteiger partial charge in [-0.2, -0.15) is 4.98 Å². The first-order valence-corrected chi connectivity index (χ1v) is 32.4. The number of fused-ring (bicyclic) bond motifs is 1. The van der Waals surface area contributed by atoms with Crippen molar-refractivity contribution in [3.05, 3.63) is 142 Å². The summed E-state index contributed by atoms with van der Waals surface area (Å²) < 4.78 is 104. The van der Waals surface area contributed by atoms with Gasteiger partial charge in [0, 0.05) is 46.2 Å². The highest BCUT2D eigenvalue weighted by molar-refractivity contribution is 7.51. The number of amides is 1. The number of rotatable bonds is 33. The molecule has 0 bridgehead atoms. The molecular formula is C66H83N6O21P. The Hall–Kier alpha value is -8.11. The predicted molar refractivity (Wildman–Crippen MR) is 339 cm³/mol. The van der Waals surface area contributed by atoms with Crippen molar-refractivity contribution in [3.8, 4) is 17.2 Å². The van der Waals surface area contributed by atoms with Gasteiger partial charge in [-0.15, -0.1) is 0 Å². The summed E-state index contributed by atoms with van der Waals surface area (Å²) in [5.74, 6) is -2.15. The monoisotopic (exact) mass is 1330 g/mol. The maximum absolute atomic E-state index is 16.0. The molecule has 2 aliphatic heterocycles. The number of carbonyl (C=O) groups excluding carboxylic acids is 5. The second-order valence-electron chi connectivity index (χ2n) is 22.7. The third-order valence-corrected chi connectivity index (χ3v) is 17.7. The summed E-state index contributed by atoms with van der Waals surface area (Å²) >= 11 is 0. The van der Waals surface area contributed by atoms with Gasteiger partial charge in [-0.1, -0.05) is 80.1 Å². The van der Waals surface area contributed by atoms with E-state index in [9.17, 15) is 28.8 Å². The van der Waals surface area contributed by atoms with E-state index in [1.54, 1.807) is 31.0 Å². The van der Waals surface area contributed by atoms with E-state index in [4.69, 9.17) is 65.9 Å². The highest BCUT2D eigenvalue weighted by Crippen LogP contribution is 2.57. The molecule has 28 heteroatoms. The largest absolute Gasteiger partial charge is 0.497 e. The van der Waals surface area contributed by atoms with Crippen molar-refractivity contribution in [1.29, 1.82) is 0 Å². The lowest BCUT2D eigenvalue weighted by Gasteiger charge is -2.44. The number of aromatic nitrogens is 4. The fourth-order valence-corrected chi connectivity index (χ4v) is 13.6. The van der Waals surface area contributed by atoms with Crippen LogP contribution in [-0.4, -0.2) is 169 Å². The molecule has 4 heterocycles. The summed E-state index contributed by atoms with van der Waals surface area (Å²) in [6.45, 7) is 12.1. The zero-order valence-corrected chi connectivity index (χ0v) is 55.4. The highest BCUT2D eigenvalue weighted by atomic mass is 31.2. The highest BCUT2D eigenvalue weighted by Gasteiger charge is 2.53. The Balaban J connectivity index is 1.08. The lowest BCUT2D eigenvalue weighted by Crippen LogP contribution is -2.63. The molecule has 2 aliphatic rings. The van der Waals surface area contributed by atoms with Crippen LogP contribution in [0.25, 0.3) is 11.2 Å². The van der Waals surface area contributed by atoms with E-state index >= 15 is 4.57 Å². The maximum Gasteiger partial charge on any atom is 0.409 e. The topological polar surface area (TPSA) is 310 Å². The average Bonchev–Trinajstić information content (AvgIpc) is 1.11. The van der Waals surface area contributed by atoms with Crippen LogP contribution in [0.5, 0.6) is 17.2 Å². The molecule has 1 amide bonds. The Labute approximate surface area is 544 Å². The number of imidazole rings is 1. The van der Waals surface area contributed by atoms with Crippen molar-refractivity contribution in [3.63, 3.8) is 0 Å². The number of ether oxygens (including phenoxy) is 12. The minimum absolute atomic E-state index is 0.0333. The molecule has 0 saturated carbocycles. The molecule has 508 valence electrons. The second kappa shape index (κ2) is 33.3. The third kappa shape index (κ3) is 18.2. The molecule has 6 aromatic rings. The molecule has 0 radical (unpaired) electrons. The van der Waals surface area contributed by atoms with Crippen LogP contribution in [0.2, 0.25) is 0 Å². The third-order valence-electron chi connectivity index (χ3n) is 15.2. The van der Waals surface area contributed by atoms with Crippen LogP contribution >= 0.6 is 7.75 Å². The van der Waals surface area contributed by atoms with E-state index in [1.807, 2.05) is 119 Å². The van der Waals surface area contributed by atoms with Crippen LogP contribution in [0.15, 0.2) is 114 Å². The summed E-state index contributed by atoms with van der Waals surface area (Å²) in [5.41, 5.74) is 1.29. The van der Waals surface area contributed by atoms with Gasteiger partial charge >= 0.3 is 31.6 Å². The lowest BCUT2D eigenvalue weighted by molar-refractivity contribution is -0.309. The zero-order chi connectivity index (χ0) is 67.7. The average molecular weight is 1330 g/mol. The molecule has 27 nitrogen and oxygen atoms in total. The molecule has 4 aromatic carbocycles. The summed E-state index contributed by atoms with van der Waals surface area (Å²) in [6.07, 6.45) is -6.91. The van der Waals surface area contributed by atoms with Gasteiger partial charge in [-0.05, 0) is 92.8 Å². The van der Waals surface area contributed by atoms with E-state index in [-0.39, 0.29) is 63.2 Å². The first-order chi connectivity index (χ1) is 45.0.